The quantitative estimate of drug-likeness (QED) is 0.842. The predicted molar refractivity (Wildman–Crippen MR) is 72.9 cm³/mol. The molecule has 0 radical (unpaired) electrons. The van der Waals surface area contributed by atoms with Gasteiger partial charge in [-0.05, 0) is 18.6 Å². The SMILES string of the molecule is CC(=O)SCCC=Cc1c[nH]c2ncccc12. The number of fused-ring (bicyclic) bond motifs is 1. The Morgan fingerprint density at radius 1 is 1.59 bits per heavy atom. The lowest BCUT2D eigenvalue weighted by Crippen LogP contribution is -1.83. The summed E-state index contributed by atoms with van der Waals surface area (Å²) in [6.45, 7) is 1.60. The van der Waals surface area contributed by atoms with E-state index >= 15 is 0 Å². The summed E-state index contributed by atoms with van der Waals surface area (Å²) in [5, 5.41) is 1.30. The number of nitrogens with zero attached hydrogens (tertiary/aromatic N) is 1. The summed E-state index contributed by atoms with van der Waals surface area (Å²) in [6.07, 6.45) is 8.78. The van der Waals surface area contributed by atoms with Gasteiger partial charge in [0.05, 0.1) is 0 Å². The molecular weight excluding hydrogens is 232 g/mol. The number of carbonyl (C=O) groups is 1. The van der Waals surface area contributed by atoms with Crippen LogP contribution in [0.25, 0.3) is 17.1 Å². The van der Waals surface area contributed by atoms with Crippen LogP contribution < -0.4 is 0 Å². The van der Waals surface area contributed by atoms with Gasteiger partial charge in [0.1, 0.15) is 5.65 Å². The first-order chi connectivity index (χ1) is 8.27. The average Bonchev–Trinajstić information content (AvgIpc) is 2.72. The molecule has 0 bridgehead atoms. The molecule has 1 N–H and O–H groups in total. The second kappa shape index (κ2) is 5.68. The maximum absolute atomic E-state index is 10.7. The van der Waals surface area contributed by atoms with E-state index in [0.717, 1.165) is 28.8 Å². The highest BCUT2D eigenvalue weighted by Gasteiger charge is 1.99. The number of hydrogen-bond acceptors (Lipinski definition) is 3. The van der Waals surface area contributed by atoms with Gasteiger partial charge in [0, 0.05) is 36.0 Å². The fraction of sp³-hybridized carbons (Fsp3) is 0.231. The second-order valence-electron chi connectivity index (χ2n) is 3.67. The van der Waals surface area contributed by atoms with Crippen molar-refractivity contribution in [3.05, 3.63) is 36.2 Å². The summed E-state index contributed by atoms with van der Waals surface area (Å²) in [7, 11) is 0. The Morgan fingerprint density at radius 3 is 3.29 bits per heavy atom. The van der Waals surface area contributed by atoms with Gasteiger partial charge in [0.15, 0.2) is 5.12 Å². The van der Waals surface area contributed by atoms with E-state index in [2.05, 4.69) is 22.1 Å². The monoisotopic (exact) mass is 246 g/mol. The fourth-order valence-corrected chi connectivity index (χ4v) is 2.14. The van der Waals surface area contributed by atoms with Gasteiger partial charge in [0.2, 0.25) is 0 Å². The molecule has 2 heterocycles. The molecule has 0 saturated heterocycles. The van der Waals surface area contributed by atoms with Gasteiger partial charge < -0.3 is 4.98 Å². The Hall–Kier alpha value is -1.55. The smallest absolute Gasteiger partial charge is 0.185 e. The van der Waals surface area contributed by atoms with Gasteiger partial charge in [-0.25, -0.2) is 4.98 Å². The van der Waals surface area contributed by atoms with E-state index in [0.29, 0.717) is 0 Å². The van der Waals surface area contributed by atoms with Crippen LogP contribution in [0.1, 0.15) is 18.9 Å². The zero-order chi connectivity index (χ0) is 12.1. The Labute approximate surface area is 104 Å². The summed E-state index contributed by atoms with van der Waals surface area (Å²) in [4.78, 5) is 18.1. The molecule has 2 aromatic heterocycles. The van der Waals surface area contributed by atoms with Gasteiger partial charge in [-0.2, -0.15) is 0 Å². The lowest BCUT2D eigenvalue weighted by molar-refractivity contribution is -0.109. The number of allylic oxidation sites excluding steroid dienone is 1. The molecule has 88 valence electrons. The van der Waals surface area contributed by atoms with Crippen LogP contribution in [0.3, 0.4) is 0 Å². The van der Waals surface area contributed by atoms with Crippen LogP contribution in [0.4, 0.5) is 0 Å². The number of aromatic nitrogens is 2. The molecular formula is C13H14N2OS. The molecule has 17 heavy (non-hydrogen) atoms. The molecule has 0 aliphatic heterocycles. The van der Waals surface area contributed by atoms with Gasteiger partial charge in [-0.3, -0.25) is 4.79 Å². The van der Waals surface area contributed by atoms with E-state index in [4.69, 9.17) is 0 Å². The van der Waals surface area contributed by atoms with Crippen molar-refractivity contribution in [2.24, 2.45) is 0 Å². The first-order valence-electron chi connectivity index (χ1n) is 5.49. The van der Waals surface area contributed by atoms with Crippen molar-refractivity contribution >= 4 is 34.0 Å². The summed E-state index contributed by atoms with van der Waals surface area (Å²) in [6, 6.07) is 3.97. The Kier molecular flexibility index (Phi) is 3.98. The third kappa shape index (κ3) is 3.20. The predicted octanol–water partition coefficient (Wildman–Crippen LogP) is 3.25. The van der Waals surface area contributed by atoms with Crippen molar-refractivity contribution in [3.8, 4) is 0 Å². The number of pyridine rings is 1. The first kappa shape index (κ1) is 11.9. The molecule has 4 heteroatoms. The van der Waals surface area contributed by atoms with Gasteiger partial charge in [-0.1, -0.05) is 23.9 Å². The molecule has 0 saturated carbocycles. The van der Waals surface area contributed by atoms with Crippen LogP contribution in [0.2, 0.25) is 0 Å². The minimum Gasteiger partial charge on any atom is -0.346 e. The van der Waals surface area contributed by atoms with Crippen LogP contribution in [-0.2, 0) is 4.79 Å². The van der Waals surface area contributed by atoms with E-state index in [-0.39, 0.29) is 5.12 Å². The second-order valence-corrected chi connectivity index (χ2v) is 4.95. The average molecular weight is 246 g/mol. The van der Waals surface area contributed by atoms with Crippen LogP contribution >= 0.6 is 11.8 Å². The Balaban J connectivity index is 1.98. The topological polar surface area (TPSA) is 45.8 Å². The Bertz CT molecular complexity index is 545. The third-order valence-electron chi connectivity index (χ3n) is 2.37. The zero-order valence-corrected chi connectivity index (χ0v) is 10.5. The van der Waals surface area contributed by atoms with E-state index in [9.17, 15) is 4.79 Å². The number of rotatable bonds is 4. The van der Waals surface area contributed by atoms with Crippen LogP contribution in [-0.4, -0.2) is 20.8 Å². The summed E-state index contributed by atoms with van der Waals surface area (Å²) in [5.74, 6) is 0.840. The molecule has 2 aromatic rings. The molecule has 0 spiro atoms. The molecule has 0 atom stereocenters. The number of carbonyl (C=O) groups excluding carboxylic acids is 1. The van der Waals surface area contributed by atoms with Gasteiger partial charge in [0.25, 0.3) is 0 Å². The fourth-order valence-electron chi connectivity index (χ4n) is 1.60. The number of H-pyrrole nitrogens is 1. The molecule has 2 rings (SSSR count). The number of aromatic amines is 1. The highest BCUT2D eigenvalue weighted by molar-refractivity contribution is 8.13. The largest absolute Gasteiger partial charge is 0.346 e. The van der Waals surface area contributed by atoms with Crippen molar-refractivity contribution in [1.82, 2.24) is 9.97 Å². The van der Waals surface area contributed by atoms with Crippen LogP contribution in [0.15, 0.2) is 30.6 Å². The van der Waals surface area contributed by atoms with Crippen molar-refractivity contribution < 1.29 is 4.79 Å². The summed E-state index contributed by atoms with van der Waals surface area (Å²) >= 11 is 1.36. The third-order valence-corrected chi connectivity index (χ3v) is 3.22. The van der Waals surface area contributed by atoms with Gasteiger partial charge >= 0.3 is 0 Å². The summed E-state index contributed by atoms with van der Waals surface area (Å²) in [5.41, 5.74) is 2.05. The molecule has 0 unspecified atom stereocenters. The minimum atomic E-state index is 0.176. The molecule has 0 aliphatic carbocycles. The van der Waals surface area contributed by atoms with E-state index in [1.807, 2.05) is 18.3 Å². The van der Waals surface area contributed by atoms with Gasteiger partial charge in [-0.15, -0.1) is 0 Å². The molecule has 0 aromatic carbocycles. The van der Waals surface area contributed by atoms with Crippen molar-refractivity contribution in [1.29, 1.82) is 0 Å². The van der Waals surface area contributed by atoms with Crippen molar-refractivity contribution in [2.75, 3.05) is 5.75 Å². The number of thioether (sulfide) groups is 1. The highest BCUT2D eigenvalue weighted by atomic mass is 32.2. The maximum Gasteiger partial charge on any atom is 0.185 e. The first-order valence-corrected chi connectivity index (χ1v) is 6.48. The van der Waals surface area contributed by atoms with Crippen LogP contribution in [0.5, 0.6) is 0 Å². The number of hydrogen-bond donors (Lipinski definition) is 1. The molecule has 0 aliphatic rings. The lowest BCUT2D eigenvalue weighted by atomic mass is 10.2. The minimum absolute atomic E-state index is 0.176. The van der Waals surface area contributed by atoms with E-state index < -0.39 is 0 Å². The molecule has 0 fully saturated rings. The van der Waals surface area contributed by atoms with Crippen LogP contribution in [0, 0.1) is 0 Å². The summed E-state index contributed by atoms with van der Waals surface area (Å²) < 4.78 is 0. The Morgan fingerprint density at radius 2 is 2.47 bits per heavy atom. The highest BCUT2D eigenvalue weighted by Crippen LogP contribution is 2.17. The normalized spacial score (nSPS) is 11.4. The number of nitrogens with one attached hydrogen (secondary N) is 1. The van der Waals surface area contributed by atoms with Crippen molar-refractivity contribution in [2.45, 2.75) is 13.3 Å². The molecule has 0 amide bonds. The van der Waals surface area contributed by atoms with E-state index in [1.165, 1.54) is 11.8 Å². The van der Waals surface area contributed by atoms with Crippen molar-refractivity contribution in [3.63, 3.8) is 0 Å². The molecule has 3 nitrogen and oxygen atoms in total. The lowest BCUT2D eigenvalue weighted by Gasteiger charge is -1.92. The standard InChI is InChI=1S/C13H14N2OS/c1-10(16)17-8-3-2-5-11-9-15-13-12(11)6-4-7-14-13/h2,4-7,9H,3,8H2,1H3,(H,14,15). The van der Waals surface area contributed by atoms with E-state index in [1.54, 1.807) is 13.1 Å². The zero-order valence-electron chi connectivity index (χ0n) is 9.64. The maximum atomic E-state index is 10.7.